The maximum absolute atomic E-state index is 5.60. The van der Waals surface area contributed by atoms with E-state index in [0.29, 0.717) is 0 Å². The smallest absolute Gasteiger partial charge is 0.0561 e. The van der Waals surface area contributed by atoms with Crippen molar-refractivity contribution in [2.75, 3.05) is 33.7 Å². The SMILES string of the molecule is CN(C)CCCN1C=C(N)CN1. The van der Waals surface area contributed by atoms with Gasteiger partial charge in [-0.2, -0.15) is 0 Å². The van der Waals surface area contributed by atoms with Gasteiger partial charge in [-0.1, -0.05) is 0 Å². The second kappa shape index (κ2) is 4.33. The van der Waals surface area contributed by atoms with E-state index in [9.17, 15) is 0 Å². The van der Waals surface area contributed by atoms with E-state index in [4.69, 9.17) is 5.73 Å². The van der Waals surface area contributed by atoms with Gasteiger partial charge in [0.05, 0.1) is 6.54 Å². The molecule has 1 aliphatic heterocycles. The van der Waals surface area contributed by atoms with E-state index in [1.807, 2.05) is 6.20 Å². The number of nitrogens with two attached hydrogens (primary N) is 1. The lowest BCUT2D eigenvalue weighted by molar-refractivity contribution is 0.280. The highest BCUT2D eigenvalue weighted by atomic mass is 15.5. The quantitative estimate of drug-likeness (QED) is 0.600. The summed E-state index contributed by atoms with van der Waals surface area (Å²) >= 11 is 0. The van der Waals surface area contributed by atoms with Crippen molar-refractivity contribution < 1.29 is 0 Å². The fourth-order valence-corrected chi connectivity index (χ4v) is 1.19. The Morgan fingerprint density at radius 2 is 2.42 bits per heavy atom. The highest BCUT2D eigenvalue weighted by Crippen LogP contribution is 1.98. The monoisotopic (exact) mass is 170 g/mol. The number of hydrogen-bond donors (Lipinski definition) is 2. The molecule has 1 rings (SSSR count). The largest absolute Gasteiger partial charge is 0.400 e. The normalized spacial score (nSPS) is 17.2. The van der Waals surface area contributed by atoms with E-state index >= 15 is 0 Å². The molecule has 0 aliphatic carbocycles. The summed E-state index contributed by atoms with van der Waals surface area (Å²) in [6, 6.07) is 0. The summed E-state index contributed by atoms with van der Waals surface area (Å²) in [7, 11) is 4.17. The fraction of sp³-hybridized carbons (Fsp3) is 0.750. The molecular formula is C8H18N4. The van der Waals surface area contributed by atoms with Crippen LogP contribution in [0.25, 0.3) is 0 Å². The summed E-state index contributed by atoms with van der Waals surface area (Å²) in [5.41, 5.74) is 9.70. The zero-order valence-electron chi connectivity index (χ0n) is 7.88. The Bertz CT molecular complexity index is 164. The van der Waals surface area contributed by atoms with Crippen LogP contribution < -0.4 is 11.2 Å². The van der Waals surface area contributed by atoms with Gasteiger partial charge in [-0.05, 0) is 27.1 Å². The predicted octanol–water partition coefficient (Wildman–Crippen LogP) is -0.442. The van der Waals surface area contributed by atoms with Gasteiger partial charge < -0.3 is 15.6 Å². The van der Waals surface area contributed by atoms with Crippen LogP contribution in [0.1, 0.15) is 6.42 Å². The molecule has 1 aliphatic rings. The van der Waals surface area contributed by atoms with Crippen molar-refractivity contribution in [3.05, 3.63) is 11.9 Å². The molecule has 0 saturated carbocycles. The number of nitrogens with one attached hydrogen (secondary N) is 1. The number of hydrazine groups is 1. The van der Waals surface area contributed by atoms with E-state index in [0.717, 1.165) is 31.8 Å². The van der Waals surface area contributed by atoms with Crippen LogP contribution in [0.2, 0.25) is 0 Å². The highest BCUT2D eigenvalue weighted by Gasteiger charge is 2.07. The molecule has 0 spiro atoms. The van der Waals surface area contributed by atoms with Crippen LogP contribution in [0.15, 0.2) is 11.9 Å². The van der Waals surface area contributed by atoms with Gasteiger partial charge in [-0.15, -0.1) is 0 Å². The van der Waals surface area contributed by atoms with Crippen molar-refractivity contribution in [2.45, 2.75) is 6.42 Å². The maximum Gasteiger partial charge on any atom is 0.0561 e. The van der Waals surface area contributed by atoms with E-state index in [1.165, 1.54) is 0 Å². The second-order valence-corrected chi connectivity index (χ2v) is 3.39. The van der Waals surface area contributed by atoms with E-state index < -0.39 is 0 Å². The molecule has 0 aromatic carbocycles. The molecule has 0 saturated heterocycles. The molecule has 0 radical (unpaired) electrons. The third-order valence-electron chi connectivity index (χ3n) is 1.81. The Labute approximate surface area is 74.0 Å². The van der Waals surface area contributed by atoms with Crippen LogP contribution in [-0.2, 0) is 0 Å². The van der Waals surface area contributed by atoms with Crippen molar-refractivity contribution in [1.29, 1.82) is 0 Å². The predicted molar refractivity (Wildman–Crippen MR) is 50.2 cm³/mol. The third-order valence-corrected chi connectivity index (χ3v) is 1.81. The molecule has 4 heteroatoms. The molecule has 4 nitrogen and oxygen atoms in total. The first-order valence-corrected chi connectivity index (χ1v) is 4.29. The number of hydrogen-bond acceptors (Lipinski definition) is 4. The Hall–Kier alpha value is -0.740. The van der Waals surface area contributed by atoms with E-state index in [2.05, 4.69) is 29.4 Å². The van der Waals surface area contributed by atoms with Crippen LogP contribution >= 0.6 is 0 Å². The molecular weight excluding hydrogens is 152 g/mol. The summed E-state index contributed by atoms with van der Waals surface area (Å²) in [6.45, 7) is 2.94. The molecule has 1 heterocycles. The Morgan fingerprint density at radius 1 is 1.67 bits per heavy atom. The van der Waals surface area contributed by atoms with Gasteiger partial charge in [0, 0.05) is 18.4 Å². The van der Waals surface area contributed by atoms with Crippen molar-refractivity contribution in [2.24, 2.45) is 5.73 Å². The number of rotatable bonds is 4. The van der Waals surface area contributed by atoms with Crippen LogP contribution in [0, 0.1) is 0 Å². The van der Waals surface area contributed by atoms with E-state index in [1.54, 1.807) is 0 Å². The van der Waals surface area contributed by atoms with Crippen LogP contribution in [0.3, 0.4) is 0 Å². The maximum atomic E-state index is 5.60. The first-order chi connectivity index (χ1) is 5.68. The standard InChI is InChI=1S/C8H18N4/c1-11(2)4-3-5-12-7-8(9)6-10-12/h7,10H,3-6,9H2,1-2H3. The minimum absolute atomic E-state index is 0.794. The Kier molecular flexibility index (Phi) is 3.37. The van der Waals surface area contributed by atoms with E-state index in [-0.39, 0.29) is 0 Å². The first kappa shape index (κ1) is 9.35. The molecule has 0 aromatic heterocycles. The first-order valence-electron chi connectivity index (χ1n) is 4.29. The molecule has 12 heavy (non-hydrogen) atoms. The average molecular weight is 170 g/mol. The summed E-state index contributed by atoms with van der Waals surface area (Å²) in [6.07, 6.45) is 3.12. The van der Waals surface area contributed by atoms with Crippen molar-refractivity contribution in [1.82, 2.24) is 15.3 Å². The molecule has 3 N–H and O–H groups in total. The lowest BCUT2D eigenvalue weighted by Crippen LogP contribution is -2.31. The molecule has 0 unspecified atom stereocenters. The van der Waals surface area contributed by atoms with Gasteiger partial charge in [-0.3, -0.25) is 0 Å². The van der Waals surface area contributed by atoms with Gasteiger partial charge in [0.2, 0.25) is 0 Å². The van der Waals surface area contributed by atoms with Gasteiger partial charge in [-0.25, -0.2) is 5.43 Å². The third kappa shape index (κ3) is 3.11. The lowest BCUT2D eigenvalue weighted by atomic mass is 10.4. The Morgan fingerprint density at radius 3 is 2.92 bits per heavy atom. The van der Waals surface area contributed by atoms with Crippen molar-refractivity contribution >= 4 is 0 Å². The lowest BCUT2D eigenvalue weighted by Gasteiger charge is -2.16. The van der Waals surface area contributed by atoms with Gasteiger partial charge >= 0.3 is 0 Å². The van der Waals surface area contributed by atoms with Gasteiger partial charge in [0.1, 0.15) is 0 Å². The average Bonchev–Trinajstić information content (AvgIpc) is 2.35. The summed E-state index contributed by atoms with van der Waals surface area (Å²) < 4.78 is 0. The molecule has 0 fully saturated rings. The molecule has 0 amide bonds. The Balaban J connectivity index is 2.08. The minimum atomic E-state index is 0.794. The number of nitrogens with zero attached hydrogens (tertiary/aromatic N) is 2. The topological polar surface area (TPSA) is 44.5 Å². The van der Waals surface area contributed by atoms with Gasteiger partial charge in [0.25, 0.3) is 0 Å². The highest BCUT2D eigenvalue weighted by molar-refractivity contribution is 5.02. The second-order valence-electron chi connectivity index (χ2n) is 3.39. The zero-order chi connectivity index (χ0) is 8.97. The summed E-state index contributed by atoms with van der Waals surface area (Å²) in [5.74, 6) is 0. The molecule has 0 aromatic rings. The van der Waals surface area contributed by atoms with Gasteiger partial charge in [0.15, 0.2) is 0 Å². The zero-order valence-corrected chi connectivity index (χ0v) is 7.88. The van der Waals surface area contributed by atoms with Crippen molar-refractivity contribution in [3.63, 3.8) is 0 Å². The minimum Gasteiger partial charge on any atom is -0.400 e. The summed E-state index contributed by atoms with van der Waals surface area (Å²) in [5, 5.41) is 2.05. The van der Waals surface area contributed by atoms with Crippen molar-refractivity contribution in [3.8, 4) is 0 Å². The van der Waals surface area contributed by atoms with Crippen LogP contribution in [-0.4, -0.2) is 43.6 Å². The molecule has 0 atom stereocenters. The fourth-order valence-electron chi connectivity index (χ4n) is 1.19. The molecule has 70 valence electrons. The van der Waals surface area contributed by atoms with Crippen LogP contribution in [0.4, 0.5) is 0 Å². The van der Waals surface area contributed by atoms with Crippen LogP contribution in [0.5, 0.6) is 0 Å². The summed E-state index contributed by atoms with van der Waals surface area (Å²) in [4.78, 5) is 2.18. The molecule has 0 bridgehead atoms.